The summed E-state index contributed by atoms with van der Waals surface area (Å²) in [4.78, 5) is 11.3. The van der Waals surface area contributed by atoms with Gasteiger partial charge in [0.1, 0.15) is 17.1 Å². The summed E-state index contributed by atoms with van der Waals surface area (Å²) < 4.78 is 5.26. The molecule has 2 aliphatic rings. The van der Waals surface area contributed by atoms with Gasteiger partial charge >= 0.3 is 0 Å². The van der Waals surface area contributed by atoms with Crippen LogP contribution in [0, 0.1) is 23.2 Å². The molecule has 1 aromatic heterocycles. The van der Waals surface area contributed by atoms with Crippen molar-refractivity contribution < 1.29 is 4.74 Å². The van der Waals surface area contributed by atoms with Gasteiger partial charge in [-0.15, -0.1) is 0 Å². The maximum absolute atomic E-state index is 9.32. The number of hydrogen-bond donors (Lipinski definition) is 1. The van der Waals surface area contributed by atoms with E-state index < -0.39 is 0 Å². The molecule has 0 saturated carbocycles. The molecule has 2 aliphatic heterocycles. The van der Waals surface area contributed by atoms with Crippen LogP contribution in [0.15, 0.2) is 24.5 Å². The third-order valence-electron chi connectivity index (χ3n) is 5.13. The maximum atomic E-state index is 9.32. The summed E-state index contributed by atoms with van der Waals surface area (Å²) >= 11 is 0. The average molecular weight is 337 g/mol. The van der Waals surface area contributed by atoms with E-state index in [1.54, 1.807) is 12.4 Å². The molecule has 4 rings (SSSR count). The molecule has 2 saturated heterocycles. The number of nitrogens with zero attached hydrogens (tertiary/aromatic N) is 4. The molecular formula is C19H23N5O. The van der Waals surface area contributed by atoms with Crippen LogP contribution in [0.3, 0.4) is 0 Å². The van der Waals surface area contributed by atoms with E-state index in [1.807, 2.05) is 12.1 Å². The minimum Gasteiger partial charge on any atom is -0.381 e. The Kier molecular flexibility index (Phi) is 4.51. The van der Waals surface area contributed by atoms with Gasteiger partial charge in [0.25, 0.3) is 0 Å². The predicted octanol–water partition coefficient (Wildman–Crippen LogP) is 1.95. The Labute approximate surface area is 147 Å². The van der Waals surface area contributed by atoms with Crippen LogP contribution in [0.2, 0.25) is 0 Å². The minimum absolute atomic E-state index is 0.465. The third-order valence-corrected chi connectivity index (χ3v) is 5.13. The zero-order valence-electron chi connectivity index (χ0n) is 14.5. The summed E-state index contributed by atoms with van der Waals surface area (Å²) in [5.41, 5.74) is 3.17. The van der Waals surface area contributed by atoms with E-state index >= 15 is 0 Å². The van der Waals surface area contributed by atoms with Crippen molar-refractivity contribution in [1.29, 1.82) is 5.26 Å². The second-order valence-electron chi connectivity index (χ2n) is 7.25. The fraction of sp³-hybridized carbons (Fsp3) is 0.526. The number of nitrogens with one attached hydrogen (secondary N) is 1. The van der Waals surface area contributed by atoms with E-state index in [9.17, 15) is 5.26 Å². The number of fused-ring (bicyclic) bond motifs is 1. The van der Waals surface area contributed by atoms with Crippen LogP contribution in [-0.4, -0.2) is 48.9 Å². The van der Waals surface area contributed by atoms with Gasteiger partial charge in [-0.25, -0.2) is 0 Å². The highest BCUT2D eigenvalue weighted by atomic mass is 16.5. The molecule has 6 nitrogen and oxygen atoms in total. The molecule has 1 unspecified atom stereocenters. The lowest BCUT2D eigenvalue weighted by molar-refractivity contribution is -0.0319. The first-order chi connectivity index (χ1) is 12.2. The molecule has 0 amide bonds. The quantitative estimate of drug-likeness (QED) is 0.919. The molecule has 3 heterocycles. The molecule has 6 heteroatoms. The third kappa shape index (κ3) is 3.30. The van der Waals surface area contributed by atoms with Gasteiger partial charge in [-0.3, -0.25) is 9.97 Å². The molecule has 1 N–H and O–H groups in total. The van der Waals surface area contributed by atoms with Crippen LogP contribution in [0.1, 0.15) is 18.9 Å². The van der Waals surface area contributed by atoms with Crippen LogP contribution in [0.4, 0.5) is 5.69 Å². The van der Waals surface area contributed by atoms with Crippen LogP contribution >= 0.6 is 0 Å². The number of piperidine rings is 1. The molecule has 130 valence electrons. The summed E-state index contributed by atoms with van der Waals surface area (Å²) in [6, 6.07) is 6.56. The van der Waals surface area contributed by atoms with Crippen molar-refractivity contribution in [1.82, 2.24) is 15.3 Å². The van der Waals surface area contributed by atoms with Crippen molar-refractivity contribution in [2.24, 2.45) is 11.8 Å². The van der Waals surface area contributed by atoms with Crippen LogP contribution in [0.25, 0.3) is 11.0 Å². The van der Waals surface area contributed by atoms with Crippen molar-refractivity contribution in [3.63, 3.8) is 0 Å². The summed E-state index contributed by atoms with van der Waals surface area (Å²) in [7, 11) is 0. The monoisotopic (exact) mass is 337 g/mol. The zero-order valence-corrected chi connectivity index (χ0v) is 14.5. The van der Waals surface area contributed by atoms with E-state index in [0.717, 1.165) is 44.1 Å². The van der Waals surface area contributed by atoms with Gasteiger partial charge in [0.05, 0.1) is 24.5 Å². The number of nitriles is 1. The lowest BCUT2D eigenvalue weighted by Gasteiger charge is -2.39. The largest absolute Gasteiger partial charge is 0.381 e. The lowest BCUT2D eigenvalue weighted by atomic mass is 9.94. The highest BCUT2D eigenvalue weighted by molar-refractivity contribution is 5.92. The molecule has 0 bridgehead atoms. The number of ether oxygens (including phenoxy) is 1. The second-order valence-corrected chi connectivity index (χ2v) is 7.25. The van der Waals surface area contributed by atoms with Gasteiger partial charge in [-0.2, -0.15) is 5.26 Å². The topological polar surface area (TPSA) is 74.1 Å². The predicted molar refractivity (Wildman–Crippen MR) is 96.3 cm³/mol. The van der Waals surface area contributed by atoms with Gasteiger partial charge in [-0.05, 0) is 24.5 Å². The Morgan fingerprint density at radius 2 is 2.04 bits per heavy atom. The summed E-state index contributed by atoms with van der Waals surface area (Å²) in [5, 5.41) is 13.0. The van der Waals surface area contributed by atoms with Crippen molar-refractivity contribution in [3.8, 4) is 6.07 Å². The number of benzene rings is 1. The first-order valence-corrected chi connectivity index (χ1v) is 8.94. The molecule has 0 spiro atoms. The zero-order chi connectivity index (χ0) is 17.2. The standard InChI is InChI=1S/C19H23N5O/c1-13-6-16(23-8-14-11-25-12-14)10-24(9-13)17-3-2-15(7-20)18-19(17)22-5-4-21-18/h2-5,13-14,16,23H,6,8-12H2,1H3/t13-,16?/m0/s1. The van der Waals surface area contributed by atoms with Gasteiger partial charge in [0.2, 0.25) is 0 Å². The average Bonchev–Trinajstić information content (AvgIpc) is 2.59. The van der Waals surface area contributed by atoms with Crippen molar-refractivity contribution in [2.45, 2.75) is 19.4 Å². The van der Waals surface area contributed by atoms with E-state index in [0.29, 0.717) is 29.0 Å². The Balaban J connectivity index is 1.57. The molecule has 2 aromatic rings. The Morgan fingerprint density at radius 1 is 1.24 bits per heavy atom. The van der Waals surface area contributed by atoms with Gasteiger partial charge in [-0.1, -0.05) is 6.92 Å². The summed E-state index contributed by atoms with van der Waals surface area (Å²) in [6.07, 6.45) is 4.54. The molecule has 2 fully saturated rings. The summed E-state index contributed by atoms with van der Waals surface area (Å²) in [5.74, 6) is 1.26. The first-order valence-electron chi connectivity index (χ1n) is 8.94. The number of anilines is 1. The molecule has 2 atom stereocenters. The van der Waals surface area contributed by atoms with Crippen LogP contribution in [-0.2, 0) is 4.74 Å². The van der Waals surface area contributed by atoms with E-state index in [1.165, 1.54) is 6.42 Å². The fourth-order valence-corrected chi connectivity index (χ4v) is 3.82. The van der Waals surface area contributed by atoms with Gasteiger partial charge in [0.15, 0.2) is 0 Å². The van der Waals surface area contributed by atoms with E-state index in [2.05, 4.69) is 33.2 Å². The fourth-order valence-electron chi connectivity index (χ4n) is 3.82. The Morgan fingerprint density at radius 3 is 2.76 bits per heavy atom. The van der Waals surface area contributed by atoms with Crippen molar-refractivity contribution >= 4 is 16.7 Å². The molecule has 1 aromatic carbocycles. The number of aromatic nitrogens is 2. The first kappa shape index (κ1) is 16.2. The molecule has 0 radical (unpaired) electrons. The SMILES string of the molecule is C[C@H]1CC(NCC2COC2)CN(c2ccc(C#N)c3nccnc23)C1. The van der Waals surface area contributed by atoms with Gasteiger partial charge < -0.3 is 15.0 Å². The van der Waals surface area contributed by atoms with E-state index in [-0.39, 0.29) is 0 Å². The van der Waals surface area contributed by atoms with Crippen molar-refractivity contribution in [3.05, 3.63) is 30.1 Å². The van der Waals surface area contributed by atoms with Crippen LogP contribution < -0.4 is 10.2 Å². The minimum atomic E-state index is 0.465. The molecular weight excluding hydrogens is 314 g/mol. The molecule has 0 aliphatic carbocycles. The van der Waals surface area contributed by atoms with Crippen LogP contribution in [0.5, 0.6) is 0 Å². The normalized spacial score (nSPS) is 24.1. The second kappa shape index (κ2) is 6.95. The lowest BCUT2D eigenvalue weighted by Crippen LogP contribution is -2.51. The highest BCUT2D eigenvalue weighted by Gasteiger charge is 2.28. The smallest absolute Gasteiger partial charge is 0.113 e. The molecule has 25 heavy (non-hydrogen) atoms. The maximum Gasteiger partial charge on any atom is 0.113 e. The van der Waals surface area contributed by atoms with Crippen molar-refractivity contribution in [2.75, 3.05) is 37.7 Å². The summed E-state index contributed by atoms with van der Waals surface area (Å²) in [6.45, 7) is 7.05. The van der Waals surface area contributed by atoms with Gasteiger partial charge in [0, 0.05) is 44.0 Å². The highest BCUT2D eigenvalue weighted by Crippen LogP contribution is 2.30. The number of rotatable bonds is 4. The Hall–Kier alpha value is -2.23. The number of hydrogen-bond acceptors (Lipinski definition) is 6. The Bertz CT molecular complexity index is 798. The van der Waals surface area contributed by atoms with E-state index in [4.69, 9.17) is 4.74 Å².